The van der Waals surface area contributed by atoms with Gasteiger partial charge in [-0.2, -0.15) is 16.9 Å². The molecule has 110 valence electrons. The molecule has 1 aliphatic carbocycles. The number of aryl methyl sites for hydroxylation is 2. The van der Waals surface area contributed by atoms with Crippen LogP contribution in [0.25, 0.3) is 11.2 Å². The van der Waals surface area contributed by atoms with Crippen LogP contribution in [0.3, 0.4) is 0 Å². The molecule has 6 heteroatoms. The Morgan fingerprint density at radius 2 is 2.15 bits per heavy atom. The van der Waals surface area contributed by atoms with Gasteiger partial charge in [0.15, 0.2) is 5.65 Å². The number of nitrogens with zero attached hydrogens (tertiary/aromatic N) is 4. The lowest BCUT2D eigenvalue weighted by Crippen LogP contribution is -2.12. The molecule has 0 amide bonds. The van der Waals surface area contributed by atoms with Crippen LogP contribution in [0, 0.1) is 0 Å². The summed E-state index contributed by atoms with van der Waals surface area (Å²) in [5.41, 5.74) is 9.31. The lowest BCUT2D eigenvalue weighted by Gasteiger charge is -2.15. The Morgan fingerprint density at radius 1 is 1.35 bits per heavy atom. The second-order valence-corrected chi connectivity index (χ2v) is 7.06. The van der Waals surface area contributed by atoms with E-state index in [1.165, 1.54) is 25.0 Å². The van der Waals surface area contributed by atoms with Crippen molar-refractivity contribution >= 4 is 28.9 Å². The van der Waals surface area contributed by atoms with Gasteiger partial charge in [-0.15, -0.1) is 0 Å². The number of thioether (sulfide) groups is 1. The number of fused-ring (bicyclic) bond motifs is 1. The molecule has 2 aromatic rings. The predicted octanol–water partition coefficient (Wildman–Crippen LogP) is 2.76. The Hall–Kier alpha value is -1.17. The van der Waals surface area contributed by atoms with Gasteiger partial charge >= 0.3 is 0 Å². The van der Waals surface area contributed by atoms with Crippen molar-refractivity contribution in [3.8, 4) is 0 Å². The molecular weight excluding hydrogens is 270 g/mol. The van der Waals surface area contributed by atoms with Gasteiger partial charge < -0.3 is 5.73 Å². The standard InChI is InChI=1S/C14H23N5S/c1-4-11-12-13(18(3)17-11)19(14(15)16-12)9-6-7-10(8-9)20-5-2/h9-10H,4-8H2,1-3H3,(H2,15,16). The highest BCUT2D eigenvalue weighted by Gasteiger charge is 2.30. The van der Waals surface area contributed by atoms with Gasteiger partial charge in [-0.25, -0.2) is 4.98 Å². The van der Waals surface area contributed by atoms with E-state index in [1.54, 1.807) is 0 Å². The van der Waals surface area contributed by atoms with Gasteiger partial charge in [0.2, 0.25) is 5.95 Å². The van der Waals surface area contributed by atoms with Crippen LogP contribution in [0.4, 0.5) is 5.95 Å². The number of hydrogen-bond acceptors (Lipinski definition) is 4. The molecule has 0 bridgehead atoms. The summed E-state index contributed by atoms with van der Waals surface area (Å²) in [6.07, 6.45) is 4.56. The number of hydrogen-bond donors (Lipinski definition) is 1. The number of nitrogen functional groups attached to an aromatic ring is 1. The van der Waals surface area contributed by atoms with Crippen LogP contribution in [-0.4, -0.2) is 30.3 Å². The predicted molar refractivity (Wildman–Crippen MR) is 85.1 cm³/mol. The van der Waals surface area contributed by atoms with E-state index in [4.69, 9.17) is 5.73 Å². The van der Waals surface area contributed by atoms with Crippen molar-refractivity contribution in [1.82, 2.24) is 19.3 Å². The minimum atomic E-state index is 0.476. The Bertz CT molecular complexity index is 615. The molecule has 0 aliphatic heterocycles. The molecule has 2 aromatic heterocycles. The van der Waals surface area contributed by atoms with Crippen molar-refractivity contribution in [1.29, 1.82) is 0 Å². The molecule has 2 atom stereocenters. The molecule has 2 heterocycles. The van der Waals surface area contributed by atoms with E-state index in [9.17, 15) is 0 Å². The Labute approximate surface area is 123 Å². The Morgan fingerprint density at radius 3 is 2.85 bits per heavy atom. The molecule has 2 N–H and O–H groups in total. The first-order valence-electron chi connectivity index (χ1n) is 7.46. The van der Waals surface area contributed by atoms with Gasteiger partial charge in [0.1, 0.15) is 5.52 Å². The number of aromatic nitrogens is 4. The summed E-state index contributed by atoms with van der Waals surface area (Å²) < 4.78 is 4.16. The van der Waals surface area contributed by atoms with Crippen LogP contribution in [0.15, 0.2) is 0 Å². The third kappa shape index (κ3) is 2.10. The van der Waals surface area contributed by atoms with E-state index in [2.05, 4.69) is 40.3 Å². The van der Waals surface area contributed by atoms with Crippen molar-refractivity contribution in [3.63, 3.8) is 0 Å². The molecule has 2 unspecified atom stereocenters. The Kier molecular flexibility index (Phi) is 3.67. The topological polar surface area (TPSA) is 61.7 Å². The number of imidazole rings is 1. The first kappa shape index (κ1) is 13.8. The highest BCUT2D eigenvalue weighted by atomic mass is 32.2. The van der Waals surface area contributed by atoms with Crippen LogP contribution >= 0.6 is 11.8 Å². The van der Waals surface area contributed by atoms with E-state index in [0.29, 0.717) is 12.0 Å². The zero-order valence-electron chi connectivity index (χ0n) is 12.5. The number of nitrogens with two attached hydrogens (primary N) is 1. The average Bonchev–Trinajstić information content (AvgIpc) is 3.07. The van der Waals surface area contributed by atoms with Gasteiger partial charge in [0.25, 0.3) is 0 Å². The molecule has 1 saturated carbocycles. The quantitative estimate of drug-likeness (QED) is 0.941. The van der Waals surface area contributed by atoms with Crippen LogP contribution in [0.1, 0.15) is 44.8 Å². The maximum Gasteiger partial charge on any atom is 0.202 e. The van der Waals surface area contributed by atoms with Crippen LogP contribution in [0.5, 0.6) is 0 Å². The fraction of sp³-hybridized carbons (Fsp3) is 0.714. The van der Waals surface area contributed by atoms with E-state index >= 15 is 0 Å². The molecule has 0 saturated heterocycles. The molecule has 1 fully saturated rings. The van der Waals surface area contributed by atoms with Crippen molar-refractivity contribution in [2.24, 2.45) is 7.05 Å². The summed E-state index contributed by atoms with van der Waals surface area (Å²) >= 11 is 2.07. The molecule has 0 aromatic carbocycles. The van der Waals surface area contributed by atoms with Crippen LogP contribution < -0.4 is 5.73 Å². The SMILES string of the molecule is CCSC1CCC(n2c(N)nc3c(CC)nn(C)c32)C1. The molecule has 0 spiro atoms. The first-order chi connectivity index (χ1) is 9.65. The normalized spacial score (nSPS) is 22.9. The van der Waals surface area contributed by atoms with Gasteiger partial charge in [0.05, 0.1) is 5.69 Å². The summed E-state index contributed by atoms with van der Waals surface area (Å²) in [6.45, 7) is 4.34. The highest BCUT2D eigenvalue weighted by molar-refractivity contribution is 7.99. The summed E-state index contributed by atoms with van der Waals surface area (Å²) in [6, 6.07) is 0.476. The number of rotatable bonds is 4. The molecule has 1 aliphatic rings. The second kappa shape index (κ2) is 5.31. The van der Waals surface area contributed by atoms with E-state index in [0.717, 1.165) is 28.5 Å². The van der Waals surface area contributed by atoms with Crippen LogP contribution in [0.2, 0.25) is 0 Å². The summed E-state index contributed by atoms with van der Waals surface area (Å²) in [5.74, 6) is 1.84. The minimum Gasteiger partial charge on any atom is -0.369 e. The molecule has 0 radical (unpaired) electrons. The zero-order chi connectivity index (χ0) is 14.3. The van der Waals surface area contributed by atoms with Crippen LogP contribution in [-0.2, 0) is 13.5 Å². The third-order valence-corrected chi connectivity index (χ3v) is 5.46. The molecular formula is C14H23N5S. The maximum atomic E-state index is 6.19. The second-order valence-electron chi connectivity index (χ2n) is 5.48. The molecule has 5 nitrogen and oxygen atoms in total. The van der Waals surface area contributed by atoms with Gasteiger partial charge in [0, 0.05) is 18.3 Å². The Balaban J connectivity index is 1.99. The third-order valence-electron chi connectivity index (χ3n) is 4.22. The minimum absolute atomic E-state index is 0.476. The van der Waals surface area contributed by atoms with Crippen molar-refractivity contribution in [2.45, 2.75) is 50.8 Å². The average molecular weight is 293 g/mol. The van der Waals surface area contributed by atoms with E-state index < -0.39 is 0 Å². The molecule has 20 heavy (non-hydrogen) atoms. The monoisotopic (exact) mass is 293 g/mol. The largest absolute Gasteiger partial charge is 0.369 e. The van der Waals surface area contributed by atoms with Gasteiger partial charge in [-0.05, 0) is 31.4 Å². The zero-order valence-corrected chi connectivity index (χ0v) is 13.3. The molecule has 3 rings (SSSR count). The van der Waals surface area contributed by atoms with Gasteiger partial charge in [-0.3, -0.25) is 9.25 Å². The van der Waals surface area contributed by atoms with E-state index in [1.807, 2.05) is 11.7 Å². The maximum absolute atomic E-state index is 6.19. The number of anilines is 1. The van der Waals surface area contributed by atoms with Gasteiger partial charge in [-0.1, -0.05) is 13.8 Å². The summed E-state index contributed by atoms with van der Waals surface area (Å²) in [5, 5.41) is 5.33. The van der Waals surface area contributed by atoms with E-state index in [-0.39, 0.29) is 0 Å². The highest BCUT2D eigenvalue weighted by Crippen LogP contribution is 2.40. The fourth-order valence-electron chi connectivity index (χ4n) is 3.36. The lowest BCUT2D eigenvalue weighted by molar-refractivity contribution is 0.528. The first-order valence-corrected chi connectivity index (χ1v) is 8.51. The van der Waals surface area contributed by atoms with Crippen molar-refractivity contribution in [3.05, 3.63) is 5.69 Å². The van der Waals surface area contributed by atoms with Crippen molar-refractivity contribution in [2.75, 3.05) is 11.5 Å². The summed E-state index contributed by atoms with van der Waals surface area (Å²) in [7, 11) is 1.99. The fourth-order valence-corrected chi connectivity index (χ4v) is 4.49. The lowest BCUT2D eigenvalue weighted by atomic mass is 10.2. The summed E-state index contributed by atoms with van der Waals surface area (Å²) in [4.78, 5) is 4.57. The van der Waals surface area contributed by atoms with Crippen molar-refractivity contribution < 1.29 is 0 Å². The smallest absolute Gasteiger partial charge is 0.202 e.